The summed E-state index contributed by atoms with van der Waals surface area (Å²) in [6.45, 7) is 4.14. The standard InChI is InChI=1S/C11H17N3O.2ClH/c1-2-9-7-13-11(14-8-9)15-10-3-5-12-6-4-10;;/h7-8,10,12H,2-6H2,1H3;2*1H. The van der Waals surface area contributed by atoms with Crippen LogP contribution in [-0.2, 0) is 6.42 Å². The van der Waals surface area contributed by atoms with Crippen molar-refractivity contribution >= 4 is 24.8 Å². The van der Waals surface area contributed by atoms with Crippen molar-refractivity contribution in [2.24, 2.45) is 0 Å². The summed E-state index contributed by atoms with van der Waals surface area (Å²) in [6.07, 6.45) is 7.00. The maximum Gasteiger partial charge on any atom is 0.316 e. The Labute approximate surface area is 114 Å². The van der Waals surface area contributed by atoms with Crippen LogP contribution < -0.4 is 10.1 Å². The van der Waals surface area contributed by atoms with Crippen LogP contribution in [0.15, 0.2) is 12.4 Å². The van der Waals surface area contributed by atoms with Crippen LogP contribution in [0.3, 0.4) is 0 Å². The zero-order chi connectivity index (χ0) is 10.5. The molecule has 1 aromatic rings. The van der Waals surface area contributed by atoms with Gasteiger partial charge in [0.05, 0.1) is 0 Å². The molecule has 17 heavy (non-hydrogen) atoms. The van der Waals surface area contributed by atoms with E-state index in [0.29, 0.717) is 6.01 Å². The van der Waals surface area contributed by atoms with Gasteiger partial charge >= 0.3 is 6.01 Å². The Morgan fingerprint density at radius 2 is 1.82 bits per heavy atom. The molecule has 2 rings (SSSR count). The number of aryl methyl sites for hydroxylation is 1. The molecule has 0 bridgehead atoms. The molecule has 1 aliphatic heterocycles. The third-order valence-electron chi connectivity index (χ3n) is 2.65. The van der Waals surface area contributed by atoms with Gasteiger partial charge in [0.15, 0.2) is 0 Å². The SMILES string of the molecule is CCc1cnc(OC2CCNCC2)nc1.Cl.Cl. The van der Waals surface area contributed by atoms with E-state index in [-0.39, 0.29) is 30.9 Å². The summed E-state index contributed by atoms with van der Waals surface area (Å²) in [5.41, 5.74) is 1.15. The highest BCUT2D eigenvalue weighted by Crippen LogP contribution is 2.11. The highest BCUT2D eigenvalue weighted by Gasteiger charge is 2.15. The summed E-state index contributed by atoms with van der Waals surface area (Å²) in [5.74, 6) is 0. The van der Waals surface area contributed by atoms with Crippen LogP contribution in [0.4, 0.5) is 0 Å². The number of rotatable bonds is 3. The average Bonchev–Trinajstić information content (AvgIpc) is 2.31. The number of piperidine rings is 1. The van der Waals surface area contributed by atoms with Gasteiger partial charge in [-0.15, -0.1) is 24.8 Å². The lowest BCUT2D eigenvalue weighted by atomic mass is 10.1. The Morgan fingerprint density at radius 3 is 2.35 bits per heavy atom. The van der Waals surface area contributed by atoms with Crippen molar-refractivity contribution in [3.05, 3.63) is 18.0 Å². The van der Waals surface area contributed by atoms with Crippen molar-refractivity contribution in [1.29, 1.82) is 0 Å². The van der Waals surface area contributed by atoms with E-state index in [9.17, 15) is 0 Å². The molecule has 4 nitrogen and oxygen atoms in total. The molecule has 98 valence electrons. The zero-order valence-electron chi connectivity index (χ0n) is 9.89. The predicted molar refractivity (Wildman–Crippen MR) is 72.4 cm³/mol. The van der Waals surface area contributed by atoms with Gasteiger partial charge in [0.2, 0.25) is 0 Å². The monoisotopic (exact) mass is 279 g/mol. The van der Waals surface area contributed by atoms with Crippen molar-refractivity contribution in [2.75, 3.05) is 13.1 Å². The molecule has 1 saturated heterocycles. The molecule has 0 amide bonds. The Balaban J connectivity index is 0.00000128. The second-order valence-corrected chi connectivity index (χ2v) is 3.79. The Morgan fingerprint density at radius 1 is 1.24 bits per heavy atom. The van der Waals surface area contributed by atoms with Gasteiger partial charge in [0.1, 0.15) is 6.10 Å². The minimum atomic E-state index is 0. The topological polar surface area (TPSA) is 47.0 Å². The molecule has 0 aliphatic carbocycles. The zero-order valence-corrected chi connectivity index (χ0v) is 11.5. The van der Waals surface area contributed by atoms with Crippen LogP contribution in [0.5, 0.6) is 6.01 Å². The number of nitrogens with zero attached hydrogens (tertiary/aromatic N) is 2. The lowest BCUT2D eigenvalue weighted by molar-refractivity contribution is 0.148. The van der Waals surface area contributed by atoms with Crippen molar-refractivity contribution < 1.29 is 4.74 Å². The molecular formula is C11H19Cl2N3O. The average molecular weight is 280 g/mol. The molecule has 0 spiro atoms. The van der Waals surface area contributed by atoms with E-state index in [4.69, 9.17) is 4.74 Å². The molecule has 2 heterocycles. The number of aromatic nitrogens is 2. The number of nitrogens with one attached hydrogen (secondary N) is 1. The summed E-state index contributed by atoms with van der Waals surface area (Å²) < 4.78 is 5.69. The van der Waals surface area contributed by atoms with E-state index >= 15 is 0 Å². The number of ether oxygens (including phenoxy) is 1. The summed E-state index contributed by atoms with van der Waals surface area (Å²) in [7, 11) is 0. The number of hydrogen-bond acceptors (Lipinski definition) is 4. The molecule has 1 aliphatic rings. The van der Waals surface area contributed by atoms with Crippen LogP contribution in [0.1, 0.15) is 25.3 Å². The van der Waals surface area contributed by atoms with E-state index in [1.807, 2.05) is 12.4 Å². The minimum absolute atomic E-state index is 0. The first-order chi connectivity index (χ1) is 7.38. The van der Waals surface area contributed by atoms with Gasteiger partial charge in [-0.1, -0.05) is 6.92 Å². The Bertz CT molecular complexity index is 302. The highest BCUT2D eigenvalue weighted by atomic mass is 35.5. The largest absolute Gasteiger partial charge is 0.460 e. The number of halogens is 2. The highest BCUT2D eigenvalue weighted by molar-refractivity contribution is 5.85. The molecule has 0 saturated carbocycles. The normalized spacial score (nSPS) is 15.6. The van der Waals surface area contributed by atoms with Gasteiger partial charge in [-0.05, 0) is 37.9 Å². The molecule has 0 atom stereocenters. The van der Waals surface area contributed by atoms with Crippen molar-refractivity contribution in [2.45, 2.75) is 32.3 Å². The second kappa shape index (κ2) is 8.50. The predicted octanol–water partition coefficient (Wildman–Crippen LogP) is 2.01. The third-order valence-corrected chi connectivity index (χ3v) is 2.65. The molecule has 1 N–H and O–H groups in total. The van der Waals surface area contributed by atoms with Crippen LogP contribution in [0.2, 0.25) is 0 Å². The quantitative estimate of drug-likeness (QED) is 0.920. The van der Waals surface area contributed by atoms with E-state index in [1.165, 1.54) is 0 Å². The summed E-state index contributed by atoms with van der Waals surface area (Å²) in [6, 6.07) is 0.513. The Hall–Kier alpha value is -0.580. The lowest BCUT2D eigenvalue weighted by Crippen LogP contribution is -2.34. The van der Waals surface area contributed by atoms with Crippen molar-refractivity contribution in [1.82, 2.24) is 15.3 Å². The van der Waals surface area contributed by atoms with Gasteiger partial charge in [0, 0.05) is 12.4 Å². The van der Waals surface area contributed by atoms with Crippen LogP contribution in [-0.4, -0.2) is 29.2 Å². The lowest BCUT2D eigenvalue weighted by Gasteiger charge is -2.22. The van der Waals surface area contributed by atoms with Crippen LogP contribution in [0.25, 0.3) is 0 Å². The van der Waals surface area contributed by atoms with Crippen molar-refractivity contribution in [3.63, 3.8) is 0 Å². The summed E-state index contributed by atoms with van der Waals surface area (Å²) in [4.78, 5) is 8.38. The molecular weight excluding hydrogens is 261 g/mol. The first-order valence-electron chi connectivity index (χ1n) is 5.57. The first kappa shape index (κ1) is 16.4. The van der Waals surface area contributed by atoms with Crippen LogP contribution in [0, 0.1) is 0 Å². The summed E-state index contributed by atoms with van der Waals surface area (Å²) in [5, 5.41) is 3.30. The second-order valence-electron chi connectivity index (χ2n) is 3.79. The van der Waals surface area contributed by atoms with E-state index < -0.39 is 0 Å². The smallest absolute Gasteiger partial charge is 0.316 e. The minimum Gasteiger partial charge on any atom is -0.460 e. The van der Waals surface area contributed by atoms with E-state index in [2.05, 4.69) is 22.2 Å². The molecule has 0 radical (unpaired) electrons. The maximum atomic E-state index is 5.69. The van der Waals surface area contributed by atoms with E-state index in [1.54, 1.807) is 0 Å². The Kier molecular flexibility index (Phi) is 8.21. The fourth-order valence-electron chi connectivity index (χ4n) is 1.65. The number of hydrogen-bond donors (Lipinski definition) is 1. The molecule has 1 aromatic heterocycles. The van der Waals surface area contributed by atoms with Crippen LogP contribution >= 0.6 is 24.8 Å². The fourth-order valence-corrected chi connectivity index (χ4v) is 1.65. The van der Waals surface area contributed by atoms with Gasteiger partial charge in [-0.2, -0.15) is 0 Å². The molecule has 0 aromatic carbocycles. The van der Waals surface area contributed by atoms with E-state index in [0.717, 1.165) is 37.9 Å². The third kappa shape index (κ3) is 5.06. The van der Waals surface area contributed by atoms with Gasteiger partial charge in [-0.25, -0.2) is 9.97 Å². The van der Waals surface area contributed by atoms with Gasteiger partial charge < -0.3 is 10.1 Å². The fraction of sp³-hybridized carbons (Fsp3) is 0.636. The summed E-state index contributed by atoms with van der Waals surface area (Å²) >= 11 is 0. The van der Waals surface area contributed by atoms with Gasteiger partial charge in [0.25, 0.3) is 0 Å². The van der Waals surface area contributed by atoms with Gasteiger partial charge in [-0.3, -0.25) is 0 Å². The molecule has 6 heteroatoms. The first-order valence-corrected chi connectivity index (χ1v) is 5.57. The molecule has 1 fully saturated rings. The maximum absolute atomic E-state index is 5.69. The van der Waals surface area contributed by atoms with Crippen molar-refractivity contribution in [3.8, 4) is 6.01 Å². The molecule has 0 unspecified atom stereocenters.